The Hall–Kier alpha value is -2.33. The first-order valence-corrected chi connectivity index (χ1v) is 10.2. The molecule has 0 aromatic carbocycles. The Labute approximate surface area is 167 Å². The summed E-state index contributed by atoms with van der Waals surface area (Å²) in [6, 6.07) is -0.238. The number of carbonyl (C=O) groups is 2. The Balaban J connectivity index is 1.86. The standard InChI is InChI=1S/C18H27N3O6S/c1-3-5-16-15(4-2)21(28(25)26)12-14(27-16)6-9-19-18(24)20-10-7-13(8-11-20)17(22)23/h3-5,13-14H,1,6-12H2,2H3,(H,19,24)(H,22,23)(H,25,26)/b15-4+,16-5+. The van der Waals surface area contributed by atoms with Crippen molar-refractivity contribution in [2.24, 2.45) is 5.92 Å². The molecule has 0 bridgehead atoms. The zero-order valence-corrected chi connectivity index (χ0v) is 16.7. The highest BCUT2D eigenvalue weighted by Gasteiger charge is 2.31. The number of morpholine rings is 1. The number of carboxylic acids is 1. The van der Waals surface area contributed by atoms with Crippen molar-refractivity contribution in [3.63, 3.8) is 0 Å². The van der Waals surface area contributed by atoms with Gasteiger partial charge in [-0.25, -0.2) is 9.00 Å². The summed E-state index contributed by atoms with van der Waals surface area (Å²) < 4.78 is 28.4. The average Bonchev–Trinajstić information content (AvgIpc) is 2.67. The van der Waals surface area contributed by atoms with Crippen LogP contribution in [0.25, 0.3) is 0 Å². The van der Waals surface area contributed by atoms with E-state index in [1.54, 1.807) is 30.1 Å². The van der Waals surface area contributed by atoms with Gasteiger partial charge in [-0.2, -0.15) is 0 Å². The van der Waals surface area contributed by atoms with Crippen LogP contribution in [0.15, 0.2) is 36.3 Å². The fraction of sp³-hybridized carbons (Fsp3) is 0.556. The molecule has 0 aromatic rings. The molecule has 0 aliphatic carbocycles. The van der Waals surface area contributed by atoms with E-state index in [0.29, 0.717) is 50.4 Å². The second kappa shape index (κ2) is 10.3. The number of allylic oxidation sites excluding steroid dienone is 3. The maximum Gasteiger partial charge on any atom is 0.317 e. The van der Waals surface area contributed by atoms with Crippen LogP contribution >= 0.6 is 0 Å². The third-order valence-electron chi connectivity index (χ3n) is 4.79. The largest absolute Gasteiger partial charge is 0.486 e. The predicted octanol–water partition coefficient (Wildman–Crippen LogP) is 1.69. The maximum absolute atomic E-state index is 12.2. The van der Waals surface area contributed by atoms with E-state index in [9.17, 15) is 18.4 Å². The molecule has 2 atom stereocenters. The number of nitrogens with one attached hydrogen (secondary N) is 1. The number of urea groups is 1. The number of amides is 2. The van der Waals surface area contributed by atoms with Crippen molar-refractivity contribution in [2.45, 2.75) is 32.3 Å². The zero-order chi connectivity index (χ0) is 20.7. The summed E-state index contributed by atoms with van der Waals surface area (Å²) in [6.07, 6.45) is 5.86. The minimum Gasteiger partial charge on any atom is -0.486 e. The lowest BCUT2D eigenvalue weighted by Crippen LogP contribution is -2.47. The van der Waals surface area contributed by atoms with Crippen molar-refractivity contribution in [3.8, 4) is 0 Å². The summed E-state index contributed by atoms with van der Waals surface area (Å²) >= 11 is -2.19. The molecular formula is C18H27N3O6S. The number of hydrogen-bond donors (Lipinski definition) is 3. The molecule has 9 nitrogen and oxygen atoms in total. The molecule has 2 aliphatic heterocycles. The first-order chi connectivity index (χ1) is 13.4. The van der Waals surface area contributed by atoms with Gasteiger partial charge in [0, 0.05) is 26.1 Å². The summed E-state index contributed by atoms with van der Waals surface area (Å²) in [6.45, 7) is 6.77. The zero-order valence-electron chi connectivity index (χ0n) is 15.9. The van der Waals surface area contributed by atoms with Crippen LogP contribution in [-0.2, 0) is 20.8 Å². The van der Waals surface area contributed by atoms with Gasteiger partial charge in [0.1, 0.15) is 11.9 Å². The molecule has 28 heavy (non-hydrogen) atoms. The lowest BCUT2D eigenvalue weighted by Gasteiger charge is -2.35. The van der Waals surface area contributed by atoms with E-state index in [1.807, 2.05) is 0 Å². The summed E-state index contributed by atoms with van der Waals surface area (Å²) in [5, 5.41) is 11.8. The molecule has 0 radical (unpaired) electrons. The Morgan fingerprint density at radius 3 is 2.61 bits per heavy atom. The van der Waals surface area contributed by atoms with Gasteiger partial charge in [0.05, 0.1) is 18.2 Å². The van der Waals surface area contributed by atoms with Crippen LogP contribution in [0, 0.1) is 5.92 Å². The second-order valence-electron chi connectivity index (χ2n) is 6.59. The minimum atomic E-state index is -2.19. The summed E-state index contributed by atoms with van der Waals surface area (Å²) in [5.41, 5.74) is 0.516. The molecule has 2 rings (SSSR count). The molecule has 2 fully saturated rings. The number of ether oxygens (including phenoxy) is 1. The van der Waals surface area contributed by atoms with Crippen LogP contribution in [0.1, 0.15) is 26.2 Å². The van der Waals surface area contributed by atoms with E-state index >= 15 is 0 Å². The number of likely N-dealkylation sites (tertiary alicyclic amines) is 1. The molecule has 2 heterocycles. The van der Waals surface area contributed by atoms with Crippen LogP contribution < -0.4 is 5.32 Å². The van der Waals surface area contributed by atoms with Crippen LogP contribution in [-0.4, -0.2) is 67.4 Å². The fourth-order valence-corrected chi connectivity index (χ4v) is 3.94. The van der Waals surface area contributed by atoms with E-state index in [4.69, 9.17) is 9.84 Å². The van der Waals surface area contributed by atoms with Crippen LogP contribution in [0.3, 0.4) is 0 Å². The van der Waals surface area contributed by atoms with Gasteiger partial charge in [0.25, 0.3) is 11.3 Å². The van der Waals surface area contributed by atoms with E-state index < -0.39 is 17.2 Å². The molecule has 2 amide bonds. The van der Waals surface area contributed by atoms with Crippen LogP contribution in [0.4, 0.5) is 4.79 Å². The normalized spacial score (nSPS) is 24.7. The Kier molecular flexibility index (Phi) is 8.06. The molecule has 2 saturated heterocycles. The molecule has 0 saturated carbocycles. The lowest BCUT2D eigenvalue weighted by atomic mass is 9.97. The highest BCUT2D eigenvalue weighted by Crippen LogP contribution is 2.27. The van der Waals surface area contributed by atoms with Gasteiger partial charge in [0.2, 0.25) is 0 Å². The Bertz CT molecular complexity index is 685. The molecule has 0 aromatic heterocycles. The predicted molar refractivity (Wildman–Crippen MR) is 104 cm³/mol. The van der Waals surface area contributed by atoms with Crippen molar-refractivity contribution in [3.05, 3.63) is 36.3 Å². The molecule has 0 spiro atoms. The SMILES string of the molecule is C=C/C=C1/OC(CCNC(=O)N2CCC(C(=O)O)CC2)CN(S(=O)O)/C1=C/C. The Morgan fingerprint density at radius 1 is 1.39 bits per heavy atom. The highest BCUT2D eigenvalue weighted by atomic mass is 32.2. The number of carboxylic acid groups (broad SMARTS) is 1. The highest BCUT2D eigenvalue weighted by molar-refractivity contribution is 7.76. The molecule has 3 N–H and O–H groups in total. The van der Waals surface area contributed by atoms with Gasteiger partial charge in [-0.1, -0.05) is 18.7 Å². The van der Waals surface area contributed by atoms with E-state index in [2.05, 4.69) is 11.9 Å². The Morgan fingerprint density at radius 2 is 2.07 bits per heavy atom. The van der Waals surface area contributed by atoms with Crippen LogP contribution in [0.5, 0.6) is 0 Å². The summed E-state index contributed by atoms with van der Waals surface area (Å²) in [4.78, 5) is 24.8. The number of piperidine rings is 1. The van der Waals surface area contributed by atoms with Crippen molar-refractivity contribution in [1.82, 2.24) is 14.5 Å². The van der Waals surface area contributed by atoms with Gasteiger partial charge in [-0.3, -0.25) is 13.7 Å². The van der Waals surface area contributed by atoms with E-state index in [-0.39, 0.29) is 24.6 Å². The van der Waals surface area contributed by atoms with Gasteiger partial charge >= 0.3 is 12.0 Å². The van der Waals surface area contributed by atoms with Crippen molar-refractivity contribution in [2.75, 3.05) is 26.2 Å². The minimum absolute atomic E-state index is 0.219. The monoisotopic (exact) mass is 413 g/mol. The number of carbonyl (C=O) groups excluding carboxylic acids is 1. The third kappa shape index (κ3) is 5.59. The molecular weight excluding hydrogens is 386 g/mol. The van der Waals surface area contributed by atoms with Crippen molar-refractivity contribution in [1.29, 1.82) is 0 Å². The third-order valence-corrected chi connectivity index (χ3v) is 5.51. The number of hydrogen-bond acceptors (Lipinski definition) is 4. The molecule has 10 heteroatoms. The summed E-state index contributed by atoms with van der Waals surface area (Å²) in [7, 11) is 0. The summed E-state index contributed by atoms with van der Waals surface area (Å²) in [5.74, 6) is -0.747. The van der Waals surface area contributed by atoms with Crippen molar-refractivity contribution < 1.29 is 28.2 Å². The van der Waals surface area contributed by atoms with Gasteiger partial charge < -0.3 is 20.1 Å². The molecule has 156 valence electrons. The first-order valence-electron chi connectivity index (χ1n) is 9.17. The molecule has 2 aliphatic rings. The van der Waals surface area contributed by atoms with Gasteiger partial charge in [-0.15, -0.1) is 0 Å². The second-order valence-corrected chi connectivity index (χ2v) is 7.49. The van der Waals surface area contributed by atoms with Crippen LogP contribution in [0.2, 0.25) is 0 Å². The fourth-order valence-electron chi connectivity index (χ4n) is 3.28. The van der Waals surface area contributed by atoms with E-state index in [0.717, 1.165) is 0 Å². The lowest BCUT2D eigenvalue weighted by molar-refractivity contribution is -0.143. The topological polar surface area (TPSA) is 119 Å². The average molecular weight is 413 g/mol. The maximum atomic E-state index is 12.2. The number of nitrogens with zero attached hydrogens (tertiary/aromatic N) is 2. The number of aliphatic carboxylic acids is 1. The quantitative estimate of drug-likeness (QED) is 0.570. The smallest absolute Gasteiger partial charge is 0.317 e. The molecule has 2 unspecified atom stereocenters. The van der Waals surface area contributed by atoms with Crippen molar-refractivity contribution >= 4 is 23.3 Å². The van der Waals surface area contributed by atoms with Gasteiger partial charge in [0.15, 0.2) is 0 Å². The first kappa shape index (κ1) is 22.0. The number of rotatable bonds is 6. The van der Waals surface area contributed by atoms with E-state index in [1.165, 1.54) is 4.31 Å². The van der Waals surface area contributed by atoms with Gasteiger partial charge in [-0.05, 0) is 25.8 Å².